The summed E-state index contributed by atoms with van der Waals surface area (Å²) < 4.78 is 12.9. The molecule has 0 unspecified atom stereocenters. The first-order valence-electron chi connectivity index (χ1n) is 6.51. The molecule has 2 N–H and O–H groups in total. The molecule has 0 spiro atoms. The predicted octanol–water partition coefficient (Wildman–Crippen LogP) is 0.788. The van der Waals surface area contributed by atoms with Crippen molar-refractivity contribution in [2.45, 2.75) is 0 Å². The van der Waals surface area contributed by atoms with E-state index in [0.29, 0.717) is 30.0 Å². The maximum absolute atomic E-state index is 12.9. The van der Waals surface area contributed by atoms with Crippen LogP contribution in [-0.4, -0.2) is 46.5 Å². The summed E-state index contributed by atoms with van der Waals surface area (Å²) in [5.41, 5.74) is 1.58. The fourth-order valence-corrected chi connectivity index (χ4v) is 2.18. The summed E-state index contributed by atoms with van der Waals surface area (Å²) in [5.74, 6) is -0.775. The number of rotatable bonds is 2. The molecule has 0 saturated carbocycles. The van der Waals surface area contributed by atoms with Crippen LogP contribution >= 0.6 is 0 Å². The Bertz CT molecular complexity index is 681. The number of nitrogens with one attached hydrogen (secondary N) is 2. The molecule has 1 aromatic carbocycles. The molecule has 2 aromatic rings. The molecule has 3 rings (SSSR count). The van der Waals surface area contributed by atoms with E-state index in [-0.39, 0.29) is 24.2 Å². The van der Waals surface area contributed by atoms with E-state index < -0.39 is 0 Å². The van der Waals surface area contributed by atoms with Crippen molar-refractivity contribution in [1.29, 1.82) is 0 Å². The maximum Gasteiger partial charge on any atom is 0.272 e. The van der Waals surface area contributed by atoms with Crippen LogP contribution in [0.4, 0.5) is 4.39 Å². The highest BCUT2D eigenvalue weighted by Gasteiger charge is 2.23. The van der Waals surface area contributed by atoms with Crippen LogP contribution in [-0.2, 0) is 4.79 Å². The van der Waals surface area contributed by atoms with Crippen LogP contribution in [0.3, 0.4) is 0 Å². The van der Waals surface area contributed by atoms with Crippen molar-refractivity contribution < 1.29 is 14.0 Å². The van der Waals surface area contributed by atoms with Crippen LogP contribution in [0.25, 0.3) is 11.3 Å². The van der Waals surface area contributed by atoms with Gasteiger partial charge in [-0.1, -0.05) is 0 Å². The highest BCUT2D eigenvalue weighted by molar-refractivity contribution is 5.96. The molecular weight excluding hydrogens is 275 g/mol. The van der Waals surface area contributed by atoms with Gasteiger partial charge in [-0.15, -0.1) is 0 Å². The minimum atomic E-state index is -0.329. The van der Waals surface area contributed by atoms with Gasteiger partial charge in [-0.05, 0) is 30.3 Å². The van der Waals surface area contributed by atoms with Gasteiger partial charge in [-0.2, -0.15) is 5.10 Å². The van der Waals surface area contributed by atoms with Crippen molar-refractivity contribution in [2.75, 3.05) is 19.6 Å². The van der Waals surface area contributed by atoms with Crippen molar-refractivity contribution in [2.24, 2.45) is 0 Å². The Balaban J connectivity index is 1.79. The zero-order chi connectivity index (χ0) is 14.8. The predicted molar refractivity (Wildman–Crippen MR) is 72.9 cm³/mol. The van der Waals surface area contributed by atoms with E-state index in [0.717, 1.165) is 0 Å². The number of piperazine rings is 1. The molecular formula is C14H13FN4O2. The van der Waals surface area contributed by atoms with E-state index >= 15 is 0 Å². The van der Waals surface area contributed by atoms with E-state index in [2.05, 4.69) is 15.5 Å². The molecule has 1 aliphatic heterocycles. The number of H-pyrrole nitrogens is 1. The van der Waals surface area contributed by atoms with Crippen molar-refractivity contribution in [3.8, 4) is 11.3 Å². The van der Waals surface area contributed by atoms with E-state index in [1.54, 1.807) is 18.2 Å². The zero-order valence-electron chi connectivity index (χ0n) is 11.1. The third-order valence-electron chi connectivity index (χ3n) is 3.27. The van der Waals surface area contributed by atoms with Crippen molar-refractivity contribution in [1.82, 2.24) is 20.4 Å². The molecule has 108 valence electrons. The van der Waals surface area contributed by atoms with Gasteiger partial charge >= 0.3 is 0 Å². The number of aromatic amines is 1. The molecule has 0 aliphatic carbocycles. The number of hydrogen-bond acceptors (Lipinski definition) is 3. The maximum atomic E-state index is 12.9. The van der Waals surface area contributed by atoms with Gasteiger partial charge in [0.05, 0.1) is 12.2 Å². The summed E-state index contributed by atoms with van der Waals surface area (Å²) >= 11 is 0. The Hall–Kier alpha value is -2.70. The number of nitrogens with zero attached hydrogens (tertiary/aromatic N) is 2. The fraction of sp³-hybridized carbons (Fsp3) is 0.214. The highest BCUT2D eigenvalue weighted by Crippen LogP contribution is 2.18. The minimum absolute atomic E-state index is 0.0454. The van der Waals surface area contributed by atoms with Crippen LogP contribution < -0.4 is 5.32 Å². The minimum Gasteiger partial charge on any atom is -0.353 e. The lowest BCUT2D eigenvalue weighted by atomic mass is 10.1. The highest BCUT2D eigenvalue weighted by atomic mass is 19.1. The third kappa shape index (κ3) is 2.76. The van der Waals surface area contributed by atoms with Gasteiger partial charge in [-0.25, -0.2) is 4.39 Å². The first-order valence-corrected chi connectivity index (χ1v) is 6.51. The molecule has 1 fully saturated rings. The van der Waals surface area contributed by atoms with Gasteiger partial charge in [0.2, 0.25) is 5.91 Å². The normalized spacial score (nSPS) is 14.9. The van der Waals surface area contributed by atoms with Crippen LogP contribution in [0.5, 0.6) is 0 Å². The lowest BCUT2D eigenvalue weighted by Crippen LogP contribution is -2.50. The van der Waals surface area contributed by atoms with Crippen molar-refractivity contribution >= 4 is 11.8 Å². The van der Waals surface area contributed by atoms with Gasteiger partial charge in [0.15, 0.2) is 0 Å². The summed E-state index contributed by atoms with van der Waals surface area (Å²) in [4.78, 5) is 25.0. The third-order valence-corrected chi connectivity index (χ3v) is 3.27. The largest absolute Gasteiger partial charge is 0.353 e. The Labute approximate surface area is 120 Å². The van der Waals surface area contributed by atoms with Crippen LogP contribution in [0.15, 0.2) is 30.3 Å². The second kappa shape index (κ2) is 5.35. The summed E-state index contributed by atoms with van der Waals surface area (Å²) in [6, 6.07) is 7.45. The van der Waals surface area contributed by atoms with Gasteiger partial charge in [0.25, 0.3) is 5.91 Å². The first kappa shape index (κ1) is 13.3. The molecule has 2 heterocycles. The number of hydrogen-bond donors (Lipinski definition) is 2. The van der Waals surface area contributed by atoms with E-state index in [4.69, 9.17) is 0 Å². The van der Waals surface area contributed by atoms with E-state index in [1.165, 1.54) is 17.0 Å². The molecule has 0 bridgehead atoms. The summed E-state index contributed by atoms with van der Waals surface area (Å²) in [7, 11) is 0. The Morgan fingerprint density at radius 3 is 2.76 bits per heavy atom. The molecule has 0 radical (unpaired) electrons. The summed E-state index contributed by atoms with van der Waals surface area (Å²) in [6.45, 7) is 0.961. The van der Waals surface area contributed by atoms with Gasteiger partial charge in [-0.3, -0.25) is 14.7 Å². The Morgan fingerprint density at radius 1 is 1.29 bits per heavy atom. The number of halogens is 1. The van der Waals surface area contributed by atoms with Crippen molar-refractivity contribution in [3.63, 3.8) is 0 Å². The lowest BCUT2D eigenvalue weighted by molar-refractivity contribution is -0.123. The molecule has 6 nitrogen and oxygen atoms in total. The Morgan fingerprint density at radius 2 is 2.05 bits per heavy atom. The Kier molecular flexibility index (Phi) is 3.39. The summed E-state index contributed by atoms with van der Waals surface area (Å²) in [5, 5.41) is 9.38. The van der Waals surface area contributed by atoms with Crippen molar-refractivity contribution in [3.05, 3.63) is 41.8 Å². The smallest absolute Gasteiger partial charge is 0.272 e. The molecule has 1 aliphatic rings. The number of aromatic nitrogens is 2. The number of carbonyl (C=O) groups excluding carboxylic acids is 2. The van der Waals surface area contributed by atoms with Crippen LogP contribution in [0, 0.1) is 5.82 Å². The second-order valence-corrected chi connectivity index (χ2v) is 4.75. The molecule has 2 amide bonds. The van der Waals surface area contributed by atoms with Crippen LogP contribution in [0.2, 0.25) is 0 Å². The number of amides is 2. The number of carbonyl (C=O) groups is 2. The SMILES string of the molecule is O=C1CN(C(=O)c2cc(-c3ccc(F)cc3)n[nH]2)CCN1. The first-order chi connectivity index (χ1) is 10.1. The molecule has 7 heteroatoms. The standard InChI is InChI=1S/C14H13FN4O2/c15-10-3-1-9(2-4-10)11-7-12(18-17-11)14(21)19-6-5-16-13(20)8-19/h1-4,7H,5-6,8H2,(H,16,20)(H,17,18). The molecule has 1 aromatic heterocycles. The fourth-order valence-electron chi connectivity index (χ4n) is 2.18. The average Bonchev–Trinajstić information content (AvgIpc) is 2.97. The van der Waals surface area contributed by atoms with Gasteiger partial charge in [0, 0.05) is 18.7 Å². The lowest BCUT2D eigenvalue weighted by Gasteiger charge is -2.25. The quantitative estimate of drug-likeness (QED) is 0.857. The molecule has 0 atom stereocenters. The van der Waals surface area contributed by atoms with Gasteiger partial charge in [0.1, 0.15) is 11.5 Å². The molecule has 1 saturated heterocycles. The topological polar surface area (TPSA) is 78.1 Å². The summed E-state index contributed by atoms with van der Waals surface area (Å²) in [6.07, 6.45) is 0. The molecule has 21 heavy (non-hydrogen) atoms. The van der Waals surface area contributed by atoms with E-state index in [1.807, 2.05) is 0 Å². The monoisotopic (exact) mass is 288 g/mol. The van der Waals surface area contributed by atoms with E-state index in [9.17, 15) is 14.0 Å². The number of benzene rings is 1. The average molecular weight is 288 g/mol. The van der Waals surface area contributed by atoms with Gasteiger partial charge < -0.3 is 10.2 Å². The zero-order valence-corrected chi connectivity index (χ0v) is 11.1. The van der Waals surface area contributed by atoms with Crippen LogP contribution in [0.1, 0.15) is 10.5 Å². The second-order valence-electron chi connectivity index (χ2n) is 4.75.